The Morgan fingerprint density at radius 3 is 2.48 bits per heavy atom. The SMILES string of the molecule is c1ccc(Cc2nc3ccccc3n2CCCN2CCOCC2)cc1. The summed E-state index contributed by atoms with van der Waals surface area (Å²) in [5.41, 5.74) is 3.66. The Kier molecular flexibility index (Phi) is 5.09. The average molecular weight is 335 g/mol. The molecule has 25 heavy (non-hydrogen) atoms. The molecule has 0 radical (unpaired) electrons. The van der Waals surface area contributed by atoms with E-state index in [9.17, 15) is 0 Å². The summed E-state index contributed by atoms with van der Waals surface area (Å²) in [6.07, 6.45) is 2.02. The fourth-order valence-electron chi connectivity index (χ4n) is 3.57. The Morgan fingerprint density at radius 2 is 1.64 bits per heavy atom. The van der Waals surface area contributed by atoms with Crippen LogP contribution in [0.25, 0.3) is 11.0 Å². The molecule has 1 aliphatic heterocycles. The smallest absolute Gasteiger partial charge is 0.114 e. The summed E-state index contributed by atoms with van der Waals surface area (Å²) < 4.78 is 7.84. The minimum Gasteiger partial charge on any atom is -0.379 e. The van der Waals surface area contributed by atoms with Crippen LogP contribution in [0.4, 0.5) is 0 Å². The molecule has 4 heteroatoms. The minimum absolute atomic E-state index is 0.868. The molecule has 0 N–H and O–H groups in total. The second-order valence-electron chi connectivity index (χ2n) is 6.64. The molecular weight excluding hydrogens is 310 g/mol. The molecule has 4 rings (SSSR count). The molecule has 0 spiro atoms. The van der Waals surface area contributed by atoms with Crippen molar-refractivity contribution < 1.29 is 4.74 Å². The van der Waals surface area contributed by atoms with Crippen molar-refractivity contribution in [1.82, 2.24) is 14.5 Å². The Balaban J connectivity index is 1.52. The second kappa shape index (κ2) is 7.81. The molecule has 0 amide bonds. The van der Waals surface area contributed by atoms with Gasteiger partial charge in [-0.25, -0.2) is 4.98 Å². The topological polar surface area (TPSA) is 30.3 Å². The average Bonchev–Trinajstić information content (AvgIpc) is 3.01. The van der Waals surface area contributed by atoms with Gasteiger partial charge in [0.05, 0.1) is 24.2 Å². The summed E-state index contributed by atoms with van der Waals surface area (Å²) in [5, 5.41) is 0. The van der Waals surface area contributed by atoms with Crippen molar-refractivity contribution >= 4 is 11.0 Å². The van der Waals surface area contributed by atoms with E-state index in [4.69, 9.17) is 9.72 Å². The van der Waals surface area contributed by atoms with Crippen LogP contribution in [0, 0.1) is 0 Å². The van der Waals surface area contributed by atoms with Gasteiger partial charge in [0, 0.05) is 32.6 Å². The van der Waals surface area contributed by atoms with Gasteiger partial charge in [0.1, 0.15) is 5.82 Å². The van der Waals surface area contributed by atoms with E-state index >= 15 is 0 Å². The maximum absolute atomic E-state index is 5.44. The molecule has 0 unspecified atom stereocenters. The maximum Gasteiger partial charge on any atom is 0.114 e. The highest BCUT2D eigenvalue weighted by molar-refractivity contribution is 5.76. The van der Waals surface area contributed by atoms with Crippen LogP contribution in [-0.4, -0.2) is 47.3 Å². The van der Waals surface area contributed by atoms with E-state index in [0.29, 0.717) is 0 Å². The van der Waals surface area contributed by atoms with Crippen molar-refractivity contribution in [2.45, 2.75) is 19.4 Å². The molecule has 4 nitrogen and oxygen atoms in total. The third-order valence-corrected chi connectivity index (χ3v) is 4.90. The monoisotopic (exact) mass is 335 g/mol. The Bertz CT molecular complexity index is 806. The number of para-hydroxylation sites is 2. The number of hydrogen-bond acceptors (Lipinski definition) is 3. The molecule has 2 aromatic carbocycles. The van der Waals surface area contributed by atoms with E-state index in [1.165, 1.54) is 11.1 Å². The van der Waals surface area contributed by atoms with Gasteiger partial charge in [-0.1, -0.05) is 42.5 Å². The van der Waals surface area contributed by atoms with Crippen LogP contribution in [0.15, 0.2) is 54.6 Å². The number of benzene rings is 2. The van der Waals surface area contributed by atoms with Crippen molar-refractivity contribution in [2.75, 3.05) is 32.8 Å². The van der Waals surface area contributed by atoms with Crippen LogP contribution in [0.2, 0.25) is 0 Å². The lowest BCUT2D eigenvalue weighted by molar-refractivity contribution is 0.0369. The highest BCUT2D eigenvalue weighted by Gasteiger charge is 2.13. The zero-order valence-corrected chi connectivity index (χ0v) is 14.6. The molecule has 0 saturated carbocycles. The van der Waals surface area contributed by atoms with Gasteiger partial charge in [0.2, 0.25) is 0 Å². The molecule has 1 aliphatic rings. The van der Waals surface area contributed by atoms with E-state index in [1.807, 2.05) is 0 Å². The Morgan fingerprint density at radius 1 is 0.880 bits per heavy atom. The van der Waals surface area contributed by atoms with Crippen molar-refractivity contribution in [3.63, 3.8) is 0 Å². The van der Waals surface area contributed by atoms with Gasteiger partial charge in [-0.3, -0.25) is 4.90 Å². The highest BCUT2D eigenvalue weighted by Crippen LogP contribution is 2.19. The normalized spacial score (nSPS) is 15.7. The third-order valence-electron chi connectivity index (χ3n) is 4.90. The first-order chi connectivity index (χ1) is 12.4. The van der Waals surface area contributed by atoms with Gasteiger partial charge in [-0.2, -0.15) is 0 Å². The molecule has 1 fully saturated rings. The lowest BCUT2D eigenvalue weighted by Gasteiger charge is -2.26. The van der Waals surface area contributed by atoms with Gasteiger partial charge < -0.3 is 9.30 Å². The van der Waals surface area contributed by atoms with E-state index in [1.54, 1.807) is 0 Å². The molecule has 2 heterocycles. The molecule has 1 saturated heterocycles. The first kappa shape index (κ1) is 16.3. The van der Waals surface area contributed by atoms with Crippen LogP contribution in [-0.2, 0) is 17.7 Å². The van der Waals surface area contributed by atoms with Crippen LogP contribution in [0.1, 0.15) is 17.8 Å². The van der Waals surface area contributed by atoms with Gasteiger partial charge in [0.15, 0.2) is 0 Å². The quantitative estimate of drug-likeness (QED) is 0.692. The second-order valence-corrected chi connectivity index (χ2v) is 6.64. The van der Waals surface area contributed by atoms with Crippen molar-refractivity contribution in [1.29, 1.82) is 0 Å². The van der Waals surface area contributed by atoms with Crippen LogP contribution < -0.4 is 0 Å². The summed E-state index contributed by atoms with van der Waals surface area (Å²) in [7, 11) is 0. The number of aromatic nitrogens is 2. The summed E-state index contributed by atoms with van der Waals surface area (Å²) in [4.78, 5) is 7.40. The lowest BCUT2D eigenvalue weighted by Crippen LogP contribution is -2.37. The number of fused-ring (bicyclic) bond motifs is 1. The summed E-state index contributed by atoms with van der Waals surface area (Å²) >= 11 is 0. The number of rotatable bonds is 6. The zero-order chi connectivity index (χ0) is 16.9. The van der Waals surface area contributed by atoms with E-state index in [0.717, 1.165) is 63.6 Å². The van der Waals surface area contributed by atoms with E-state index in [2.05, 4.69) is 64.1 Å². The van der Waals surface area contributed by atoms with Gasteiger partial charge in [-0.05, 0) is 24.1 Å². The third kappa shape index (κ3) is 3.91. The Labute approximate surface area is 149 Å². The number of nitrogens with zero attached hydrogens (tertiary/aromatic N) is 3. The van der Waals surface area contributed by atoms with Crippen LogP contribution in [0.3, 0.4) is 0 Å². The molecule has 1 aromatic heterocycles. The van der Waals surface area contributed by atoms with Crippen LogP contribution >= 0.6 is 0 Å². The fraction of sp³-hybridized carbons (Fsp3) is 0.381. The zero-order valence-electron chi connectivity index (χ0n) is 14.6. The number of morpholine rings is 1. The van der Waals surface area contributed by atoms with Crippen molar-refractivity contribution in [3.8, 4) is 0 Å². The van der Waals surface area contributed by atoms with Crippen molar-refractivity contribution in [2.24, 2.45) is 0 Å². The van der Waals surface area contributed by atoms with Crippen molar-refractivity contribution in [3.05, 3.63) is 66.0 Å². The summed E-state index contributed by atoms with van der Waals surface area (Å²) in [6, 6.07) is 19.1. The predicted molar refractivity (Wildman–Crippen MR) is 101 cm³/mol. The molecule has 0 atom stereocenters. The molecular formula is C21H25N3O. The predicted octanol–water partition coefficient (Wildman–Crippen LogP) is 3.35. The lowest BCUT2D eigenvalue weighted by atomic mass is 10.1. The summed E-state index contributed by atoms with van der Waals surface area (Å²) in [5.74, 6) is 1.16. The molecule has 0 aliphatic carbocycles. The Hall–Kier alpha value is -2.17. The number of aryl methyl sites for hydroxylation is 1. The molecule has 0 bridgehead atoms. The summed E-state index contributed by atoms with van der Waals surface area (Å²) in [6.45, 7) is 5.99. The number of hydrogen-bond donors (Lipinski definition) is 0. The standard InChI is InChI=1S/C21H25N3O/c1-2-7-18(8-3-1)17-21-22-19-9-4-5-10-20(19)24(21)12-6-11-23-13-15-25-16-14-23/h1-5,7-10H,6,11-17H2. The molecule has 3 aromatic rings. The number of ether oxygens (including phenoxy) is 1. The largest absolute Gasteiger partial charge is 0.379 e. The first-order valence-corrected chi connectivity index (χ1v) is 9.18. The van der Waals surface area contributed by atoms with Crippen LogP contribution in [0.5, 0.6) is 0 Å². The first-order valence-electron chi connectivity index (χ1n) is 9.18. The highest BCUT2D eigenvalue weighted by atomic mass is 16.5. The van der Waals surface area contributed by atoms with Gasteiger partial charge in [0.25, 0.3) is 0 Å². The van der Waals surface area contributed by atoms with E-state index < -0.39 is 0 Å². The minimum atomic E-state index is 0.868. The van der Waals surface area contributed by atoms with Gasteiger partial charge >= 0.3 is 0 Å². The van der Waals surface area contributed by atoms with Gasteiger partial charge in [-0.15, -0.1) is 0 Å². The molecule has 130 valence electrons. The van der Waals surface area contributed by atoms with E-state index in [-0.39, 0.29) is 0 Å². The maximum atomic E-state index is 5.44. The fourth-order valence-corrected chi connectivity index (χ4v) is 3.57. The number of imidazole rings is 1.